The van der Waals surface area contributed by atoms with Crippen LogP contribution < -0.4 is 0 Å². The van der Waals surface area contributed by atoms with Crippen LogP contribution in [0.4, 0.5) is 0 Å². The number of ether oxygens (including phenoxy) is 2. The van der Waals surface area contributed by atoms with E-state index in [-0.39, 0.29) is 6.42 Å². The van der Waals surface area contributed by atoms with Crippen molar-refractivity contribution in [2.45, 2.75) is 154 Å². The molecule has 1 unspecified atom stereocenters. The van der Waals surface area contributed by atoms with Gasteiger partial charge in [0, 0.05) is 12.5 Å². The summed E-state index contributed by atoms with van der Waals surface area (Å²) in [6.07, 6.45) is 50.2. The van der Waals surface area contributed by atoms with Gasteiger partial charge in [-0.1, -0.05) is 169 Å². The zero-order chi connectivity index (χ0) is 41.9. The van der Waals surface area contributed by atoms with Gasteiger partial charge in [-0.3, -0.25) is 13.8 Å². The predicted molar refractivity (Wildman–Crippen MR) is 232 cm³/mol. The van der Waals surface area contributed by atoms with Crippen molar-refractivity contribution in [2.75, 3.05) is 26.4 Å². The monoisotopic (exact) mass is 819 g/mol. The summed E-state index contributed by atoms with van der Waals surface area (Å²) in [5.74, 6) is -1.28. The molecular weight excluding hydrogens is 743 g/mol. The van der Waals surface area contributed by atoms with Crippen molar-refractivity contribution in [1.82, 2.24) is 0 Å². The molecule has 3 N–H and O–H groups in total. The van der Waals surface area contributed by atoms with Gasteiger partial charge in [-0.15, -0.1) is 0 Å². The Morgan fingerprint density at radius 1 is 0.596 bits per heavy atom. The first-order valence-corrected chi connectivity index (χ1v) is 22.7. The summed E-state index contributed by atoms with van der Waals surface area (Å²) in [5, 5.41) is 18.3. The van der Waals surface area contributed by atoms with E-state index in [9.17, 15) is 24.2 Å². The van der Waals surface area contributed by atoms with Gasteiger partial charge in [0.25, 0.3) is 0 Å². The van der Waals surface area contributed by atoms with Crippen molar-refractivity contribution in [1.29, 1.82) is 0 Å². The van der Waals surface area contributed by atoms with Crippen LogP contribution in [0.15, 0.2) is 97.2 Å². The highest BCUT2D eigenvalue weighted by Crippen LogP contribution is 2.43. The fourth-order valence-corrected chi connectivity index (χ4v) is 5.90. The number of phosphoric ester groups is 1. The normalized spacial score (nSPS) is 14.8. The lowest BCUT2D eigenvalue weighted by atomic mass is 10.1. The van der Waals surface area contributed by atoms with E-state index in [4.69, 9.17) is 19.1 Å². The SMILES string of the molecule is CC/C=C/C/C=C/C/C=C/C/C=C/C/C=C/C/C=C/CCC(=O)O[C@H](COC(=O)/C=C/C=C/CCCCCCCCCCCCC)COP(=O)(O)OC[C@@H](O)CO. The minimum absolute atomic E-state index is 0.0341. The van der Waals surface area contributed by atoms with Crippen molar-refractivity contribution in [3.05, 3.63) is 97.2 Å². The third kappa shape index (κ3) is 40.9. The highest BCUT2D eigenvalue weighted by molar-refractivity contribution is 7.47. The Kier molecular flexibility index (Phi) is 38.8. The van der Waals surface area contributed by atoms with E-state index in [0.717, 1.165) is 44.9 Å². The molecule has 0 spiro atoms. The van der Waals surface area contributed by atoms with Gasteiger partial charge in [0.05, 0.1) is 19.8 Å². The van der Waals surface area contributed by atoms with Crippen LogP contribution in [0.25, 0.3) is 0 Å². The number of aliphatic hydroxyl groups is 2. The van der Waals surface area contributed by atoms with Gasteiger partial charge in [-0.05, 0) is 57.8 Å². The molecule has 0 aromatic rings. The fourth-order valence-electron chi connectivity index (χ4n) is 5.11. The quantitative estimate of drug-likeness (QED) is 0.0137. The van der Waals surface area contributed by atoms with Crippen molar-refractivity contribution in [2.24, 2.45) is 0 Å². The minimum Gasteiger partial charge on any atom is -0.458 e. The summed E-state index contributed by atoms with van der Waals surface area (Å²) in [6, 6.07) is 0. The smallest absolute Gasteiger partial charge is 0.458 e. The molecule has 3 atom stereocenters. The molecule has 0 heterocycles. The van der Waals surface area contributed by atoms with Gasteiger partial charge in [-0.2, -0.15) is 0 Å². The lowest BCUT2D eigenvalue weighted by Crippen LogP contribution is -2.29. The van der Waals surface area contributed by atoms with Crippen LogP contribution in [0.2, 0.25) is 0 Å². The van der Waals surface area contributed by atoms with E-state index in [1.807, 2.05) is 24.3 Å². The minimum atomic E-state index is -4.66. The maximum Gasteiger partial charge on any atom is 0.472 e. The van der Waals surface area contributed by atoms with Gasteiger partial charge in [0.1, 0.15) is 12.7 Å². The molecule has 0 aromatic carbocycles. The zero-order valence-electron chi connectivity index (χ0n) is 35.0. The van der Waals surface area contributed by atoms with Crippen LogP contribution in [0, 0.1) is 0 Å². The van der Waals surface area contributed by atoms with Gasteiger partial charge in [0.15, 0.2) is 6.10 Å². The summed E-state index contributed by atoms with van der Waals surface area (Å²) >= 11 is 0. The highest BCUT2D eigenvalue weighted by atomic mass is 31.2. The van der Waals surface area contributed by atoms with Gasteiger partial charge in [0.2, 0.25) is 0 Å². The van der Waals surface area contributed by atoms with E-state index in [2.05, 4.69) is 73.1 Å². The first kappa shape index (κ1) is 53.9. The van der Waals surface area contributed by atoms with Gasteiger partial charge in [-0.25, -0.2) is 9.36 Å². The van der Waals surface area contributed by atoms with Gasteiger partial charge < -0.3 is 24.6 Å². The maximum absolute atomic E-state index is 12.6. The van der Waals surface area contributed by atoms with Crippen molar-refractivity contribution < 1.29 is 47.8 Å². The number of carbonyl (C=O) groups is 2. The molecule has 0 aliphatic heterocycles. The predicted octanol–water partition coefficient (Wildman–Crippen LogP) is 11.2. The summed E-state index contributed by atoms with van der Waals surface area (Å²) in [4.78, 5) is 34.8. The van der Waals surface area contributed by atoms with Crippen LogP contribution in [0.5, 0.6) is 0 Å². The van der Waals surface area contributed by atoms with Crippen LogP contribution in [0.3, 0.4) is 0 Å². The average molecular weight is 819 g/mol. The summed E-state index contributed by atoms with van der Waals surface area (Å²) in [5.41, 5.74) is 0. The summed E-state index contributed by atoms with van der Waals surface area (Å²) < 4.78 is 32.4. The first-order chi connectivity index (χ1) is 27.7. The number of carbonyl (C=O) groups excluding carboxylic acids is 2. The Bertz CT molecular complexity index is 1260. The number of hydrogen-bond donors (Lipinski definition) is 3. The number of allylic oxidation sites excluding steroid dienone is 15. The fraction of sp³-hybridized carbons (Fsp3) is 0.609. The van der Waals surface area contributed by atoms with Crippen LogP contribution in [-0.2, 0) is 32.7 Å². The molecule has 0 aliphatic carbocycles. The van der Waals surface area contributed by atoms with E-state index in [1.54, 1.807) is 12.2 Å². The van der Waals surface area contributed by atoms with Crippen molar-refractivity contribution in [3.63, 3.8) is 0 Å². The van der Waals surface area contributed by atoms with Crippen LogP contribution in [0.1, 0.15) is 142 Å². The summed E-state index contributed by atoms with van der Waals surface area (Å²) in [6.45, 7) is 2.03. The van der Waals surface area contributed by atoms with E-state index < -0.39 is 58.4 Å². The molecule has 0 aromatic heterocycles. The van der Waals surface area contributed by atoms with Gasteiger partial charge >= 0.3 is 19.8 Å². The molecule has 0 radical (unpaired) electrons. The number of esters is 2. The Labute approximate surface area is 344 Å². The molecule has 0 saturated heterocycles. The molecule has 11 heteroatoms. The van der Waals surface area contributed by atoms with Crippen molar-refractivity contribution >= 4 is 19.8 Å². The third-order valence-electron chi connectivity index (χ3n) is 8.34. The lowest BCUT2D eigenvalue weighted by Gasteiger charge is -2.20. The van der Waals surface area contributed by atoms with Crippen LogP contribution >= 0.6 is 7.82 Å². The lowest BCUT2D eigenvalue weighted by molar-refractivity contribution is -0.159. The molecule has 0 rings (SSSR count). The van der Waals surface area contributed by atoms with E-state index >= 15 is 0 Å². The Morgan fingerprint density at radius 2 is 1.09 bits per heavy atom. The number of unbranched alkanes of at least 4 members (excludes halogenated alkanes) is 11. The Hall–Kier alpha value is -3.11. The molecule has 10 nitrogen and oxygen atoms in total. The molecule has 0 saturated carbocycles. The average Bonchev–Trinajstić information content (AvgIpc) is 3.20. The number of rotatable bonds is 38. The molecule has 57 heavy (non-hydrogen) atoms. The molecule has 0 amide bonds. The maximum atomic E-state index is 12.6. The molecule has 0 fully saturated rings. The zero-order valence-corrected chi connectivity index (χ0v) is 35.9. The topological polar surface area (TPSA) is 149 Å². The molecule has 0 bridgehead atoms. The second-order valence-electron chi connectivity index (χ2n) is 13.7. The van der Waals surface area contributed by atoms with E-state index in [0.29, 0.717) is 12.8 Å². The first-order valence-electron chi connectivity index (χ1n) is 21.2. The molecule has 324 valence electrons. The summed E-state index contributed by atoms with van der Waals surface area (Å²) in [7, 11) is -4.66. The number of hydrogen-bond acceptors (Lipinski definition) is 9. The van der Waals surface area contributed by atoms with Crippen LogP contribution in [-0.4, -0.2) is 65.7 Å². The highest BCUT2D eigenvalue weighted by Gasteiger charge is 2.27. The number of aliphatic hydroxyl groups excluding tert-OH is 2. The largest absolute Gasteiger partial charge is 0.472 e. The second kappa shape index (κ2) is 41.1. The number of phosphoric acid groups is 1. The third-order valence-corrected chi connectivity index (χ3v) is 9.29. The second-order valence-corrected chi connectivity index (χ2v) is 15.2. The molecular formula is C46H75O10P. The Morgan fingerprint density at radius 3 is 1.61 bits per heavy atom. The van der Waals surface area contributed by atoms with Crippen molar-refractivity contribution in [3.8, 4) is 0 Å². The Balaban J connectivity index is 4.56. The molecule has 0 aliphatic rings. The van der Waals surface area contributed by atoms with E-state index in [1.165, 1.54) is 70.3 Å². The standard InChI is InChI=1S/C46H75O10P/c1-3-5-7-9-11-13-15-17-19-20-21-22-24-26-28-30-32-34-36-38-46(50)56-44(42-55-57(51,52)54-40-43(48)39-47)41-53-45(49)37-35-33-31-29-27-25-23-18-16-14-12-10-8-6-4-2/h5,7,11,13,17,19,21-22,26,28,31-35,37,43-44,47-48H,3-4,6,8-10,12,14-16,18,20,23-25,27,29-30,36,38-42H2,1-2H3,(H,51,52)/b7-5+,13-11+,19-17+,22-21+,28-26+,33-31+,34-32+,37-35+/t43-,44+/m0/s1.